The summed E-state index contributed by atoms with van der Waals surface area (Å²) in [4.78, 5) is 36.4. The number of ketones is 1. The maximum Gasteiger partial charge on any atom is 0.359 e. The molecule has 0 fully saturated rings. The van der Waals surface area contributed by atoms with E-state index in [9.17, 15) is 14.4 Å². The van der Waals surface area contributed by atoms with Gasteiger partial charge in [0.05, 0.1) is 0 Å². The summed E-state index contributed by atoms with van der Waals surface area (Å²) >= 11 is 0. The fourth-order valence-electron chi connectivity index (χ4n) is 2.37. The molecule has 0 amide bonds. The average Bonchev–Trinajstić information content (AvgIpc) is 2.48. The Morgan fingerprint density at radius 2 is 1.65 bits per heavy atom. The topological polar surface area (TPSA) is 89.9 Å². The van der Waals surface area contributed by atoms with E-state index in [1.165, 1.54) is 6.92 Å². The van der Waals surface area contributed by atoms with Gasteiger partial charge < -0.3 is 14.6 Å². The number of carbonyl (C=O) groups is 3. The average molecular weight is 370 g/mol. The van der Waals surface area contributed by atoms with E-state index < -0.39 is 28.9 Å². The summed E-state index contributed by atoms with van der Waals surface area (Å²) < 4.78 is 10.5. The van der Waals surface area contributed by atoms with E-state index in [0.717, 1.165) is 31.8 Å². The van der Waals surface area contributed by atoms with Crippen LogP contribution in [0.5, 0.6) is 0 Å². The number of allylic oxidation sites excluding steroid dienone is 1. The van der Waals surface area contributed by atoms with Crippen LogP contribution < -0.4 is 0 Å². The van der Waals surface area contributed by atoms with Crippen molar-refractivity contribution < 1.29 is 29.0 Å². The van der Waals surface area contributed by atoms with Crippen LogP contribution in [0.3, 0.4) is 0 Å². The monoisotopic (exact) mass is 370 g/mol. The first kappa shape index (κ1) is 24.3. The zero-order valence-corrected chi connectivity index (χ0v) is 17.2. The van der Waals surface area contributed by atoms with E-state index in [0.29, 0.717) is 0 Å². The van der Waals surface area contributed by atoms with Gasteiger partial charge in [0, 0.05) is 20.0 Å². The molecule has 1 N–H and O–H groups in total. The van der Waals surface area contributed by atoms with E-state index in [4.69, 9.17) is 14.6 Å². The molecular formula is C20H34O6. The SMILES string of the molecule is CC(=O)OC(C/C=C(\C)CCCC(C)CO)(C(C)=O)C(=O)OC(C)(C)C. The largest absolute Gasteiger partial charge is 0.457 e. The normalized spacial score (nSPS) is 15.8. The summed E-state index contributed by atoms with van der Waals surface area (Å²) in [5.74, 6) is -1.90. The summed E-state index contributed by atoms with van der Waals surface area (Å²) in [6.07, 6.45) is 4.23. The molecule has 0 aliphatic heterocycles. The maximum atomic E-state index is 12.6. The Kier molecular flexibility index (Phi) is 9.78. The van der Waals surface area contributed by atoms with Gasteiger partial charge in [-0.25, -0.2) is 4.79 Å². The second-order valence-electron chi connectivity index (χ2n) is 7.91. The fourth-order valence-corrected chi connectivity index (χ4v) is 2.37. The number of hydrogen-bond acceptors (Lipinski definition) is 6. The van der Waals surface area contributed by atoms with Crippen molar-refractivity contribution in [2.24, 2.45) is 5.92 Å². The van der Waals surface area contributed by atoms with Crippen LogP contribution in [0, 0.1) is 5.92 Å². The van der Waals surface area contributed by atoms with Crippen LogP contribution in [0.25, 0.3) is 0 Å². The number of esters is 2. The van der Waals surface area contributed by atoms with Gasteiger partial charge in [-0.2, -0.15) is 0 Å². The van der Waals surface area contributed by atoms with Crippen LogP contribution in [0.15, 0.2) is 11.6 Å². The predicted molar refractivity (Wildman–Crippen MR) is 99.5 cm³/mol. The van der Waals surface area contributed by atoms with Crippen molar-refractivity contribution in [2.45, 2.75) is 85.4 Å². The predicted octanol–water partition coefficient (Wildman–Crippen LogP) is 3.35. The molecule has 0 aromatic heterocycles. The Labute approximate surface area is 156 Å². The van der Waals surface area contributed by atoms with Gasteiger partial charge in [0.1, 0.15) is 5.60 Å². The van der Waals surface area contributed by atoms with Crippen LogP contribution in [0.1, 0.15) is 74.1 Å². The van der Waals surface area contributed by atoms with Gasteiger partial charge in [-0.05, 0) is 59.8 Å². The van der Waals surface area contributed by atoms with E-state index in [2.05, 4.69) is 0 Å². The Hall–Kier alpha value is -1.69. The number of aliphatic hydroxyl groups excluding tert-OH is 1. The van der Waals surface area contributed by atoms with Gasteiger partial charge in [-0.1, -0.05) is 18.6 Å². The molecule has 0 rings (SSSR count). The van der Waals surface area contributed by atoms with Crippen LogP contribution in [0.2, 0.25) is 0 Å². The number of carbonyl (C=O) groups excluding carboxylic acids is 3. The zero-order valence-electron chi connectivity index (χ0n) is 17.2. The number of hydrogen-bond donors (Lipinski definition) is 1. The second-order valence-corrected chi connectivity index (χ2v) is 7.91. The lowest BCUT2D eigenvalue weighted by atomic mass is 9.92. The Bertz CT molecular complexity index is 529. The van der Waals surface area contributed by atoms with E-state index in [1.807, 2.05) is 13.8 Å². The van der Waals surface area contributed by atoms with Crippen molar-refractivity contribution in [3.05, 3.63) is 11.6 Å². The molecule has 6 heteroatoms. The minimum atomic E-state index is -1.96. The van der Waals surface area contributed by atoms with Crippen molar-refractivity contribution in [1.82, 2.24) is 0 Å². The Balaban J connectivity index is 5.34. The van der Waals surface area contributed by atoms with Crippen molar-refractivity contribution in [1.29, 1.82) is 0 Å². The molecule has 0 bridgehead atoms. The Morgan fingerprint density at radius 3 is 2.08 bits per heavy atom. The van der Waals surface area contributed by atoms with Crippen molar-refractivity contribution in [3.63, 3.8) is 0 Å². The number of Topliss-reactive ketones (excluding diaryl/α,β-unsaturated/α-hetero) is 1. The number of rotatable bonds is 10. The minimum absolute atomic E-state index is 0.0573. The molecule has 2 unspecified atom stereocenters. The summed E-state index contributed by atoms with van der Waals surface area (Å²) in [5.41, 5.74) is -1.79. The molecule has 0 radical (unpaired) electrons. The molecule has 0 aromatic carbocycles. The quantitative estimate of drug-likeness (QED) is 0.360. The van der Waals surface area contributed by atoms with Gasteiger partial charge in [0.25, 0.3) is 5.60 Å². The molecule has 0 spiro atoms. The van der Waals surface area contributed by atoms with Crippen LogP contribution in [-0.2, 0) is 23.9 Å². The third-order valence-corrected chi connectivity index (χ3v) is 3.93. The van der Waals surface area contributed by atoms with Crippen LogP contribution in [-0.4, -0.2) is 40.6 Å². The van der Waals surface area contributed by atoms with Gasteiger partial charge in [0.15, 0.2) is 5.78 Å². The summed E-state index contributed by atoms with van der Waals surface area (Å²) in [5, 5.41) is 9.06. The Morgan fingerprint density at radius 1 is 1.08 bits per heavy atom. The molecule has 2 atom stereocenters. The highest BCUT2D eigenvalue weighted by molar-refractivity contribution is 6.07. The van der Waals surface area contributed by atoms with Crippen LogP contribution in [0.4, 0.5) is 0 Å². The third-order valence-electron chi connectivity index (χ3n) is 3.93. The fraction of sp³-hybridized carbons (Fsp3) is 0.750. The van der Waals surface area contributed by atoms with Gasteiger partial charge in [-0.15, -0.1) is 0 Å². The van der Waals surface area contributed by atoms with Crippen molar-refractivity contribution in [3.8, 4) is 0 Å². The smallest absolute Gasteiger partial charge is 0.359 e. The van der Waals surface area contributed by atoms with Crippen molar-refractivity contribution >= 4 is 17.7 Å². The lowest BCUT2D eigenvalue weighted by molar-refractivity contribution is -0.191. The number of aliphatic hydroxyl groups is 1. The first-order chi connectivity index (χ1) is 11.8. The minimum Gasteiger partial charge on any atom is -0.457 e. The molecule has 0 saturated heterocycles. The lowest BCUT2D eigenvalue weighted by Gasteiger charge is -2.31. The molecule has 0 saturated carbocycles. The molecule has 6 nitrogen and oxygen atoms in total. The second kappa shape index (κ2) is 10.5. The molecule has 0 aliphatic rings. The highest BCUT2D eigenvalue weighted by atomic mass is 16.6. The summed E-state index contributed by atoms with van der Waals surface area (Å²) in [6.45, 7) is 11.5. The highest BCUT2D eigenvalue weighted by Crippen LogP contribution is 2.26. The molecular weight excluding hydrogens is 336 g/mol. The van der Waals surface area contributed by atoms with E-state index in [1.54, 1.807) is 26.8 Å². The molecule has 150 valence electrons. The number of ether oxygens (including phenoxy) is 2. The first-order valence-electron chi connectivity index (χ1n) is 9.04. The maximum absolute atomic E-state index is 12.6. The van der Waals surface area contributed by atoms with Gasteiger partial charge in [0.2, 0.25) is 0 Å². The molecule has 0 aromatic rings. The van der Waals surface area contributed by atoms with Gasteiger partial charge in [-0.3, -0.25) is 9.59 Å². The van der Waals surface area contributed by atoms with Crippen LogP contribution >= 0.6 is 0 Å². The zero-order chi connectivity index (χ0) is 20.5. The highest BCUT2D eigenvalue weighted by Gasteiger charge is 2.49. The van der Waals surface area contributed by atoms with E-state index in [-0.39, 0.29) is 18.9 Å². The van der Waals surface area contributed by atoms with Crippen molar-refractivity contribution in [2.75, 3.05) is 6.61 Å². The summed E-state index contributed by atoms with van der Waals surface area (Å²) in [7, 11) is 0. The molecule has 0 heterocycles. The van der Waals surface area contributed by atoms with Gasteiger partial charge >= 0.3 is 11.9 Å². The summed E-state index contributed by atoms with van der Waals surface area (Å²) in [6, 6.07) is 0. The standard InChI is InChI=1S/C20H34O6/c1-14(9-8-10-15(2)13-21)11-12-20(16(3)22,25-17(4)23)18(24)26-19(5,6)7/h11,15,21H,8-10,12-13H2,1-7H3/b14-11+. The molecule has 0 aliphatic carbocycles. The molecule has 26 heavy (non-hydrogen) atoms. The first-order valence-corrected chi connectivity index (χ1v) is 9.04. The van der Waals surface area contributed by atoms with E-state index >= 15 is 0 Å². The lowest BCUT2D eigenvalue weighted by Crippen LogP contribution is -2.51. The third kappa shape index (κ3) is 8.61.